The second-order valence-corrected chi connectivity index (χ2v) is 8.94. The smallest absolute Gasteiger partial charge is 0.352 e. The Labute approximate surface area is 206 Å². The van der Waals surface area contributed by atoms with Crippen LogP contribution in [0.25, 0.3) is 28.1 Å². The molecule has 1 N–H and O–H groups in total. The van der Waals surface area contributed by atoms with Crippen molar-refractivity contribution in [2.45, 2.75) is 33.0 Å². The molecule has 0 radical (unpaired) electrons. The molecule has 3 aromatic rings. The van der Waals surface area contributed by atoms with Gasteiger partial charge in [0.15, 0.2) is 0 Å². The number of aromatic nitrogens is 3. The third-order valence-electron chi connectivity index (χ3n) is 5.70. The van der Waals surface area contributed by atoms with Crippen LogP contribution in [0.3, 0.4) is 0 Å². The van der Waals surface area contributed by atoms with Crippen LogP contribution in [0.5, 0.6) is 0 Å². The summed E-state index contributed by atoms with van der Waals surface area (Å²) >= 11 is 0. The van der Waals surface area contributed by atoms with Crippen LogP contribution in [0.4, 0.5) is 24.5 Å². The number of anilines is 2. The Morgan fingerprint density at radius 3 is 2.39 bits per heavy atom. The first-order chi connectivity index (χ1) is 17.2. The van der Waals surface area contributed by atoms with Gasteiger partial charge in [0.2, 0.25) is 0 Å². The van der Waals surface area contributed by atoms with E-state index in [1.165, 1.54) is 12.1 Å². The van der Waals surface area contributed by atoms with E-state index in [2.05, 4.69) is 10.3 Å². The SMILES string of the molecule is Cc1cncc(Nc2cc3nc4ccccc4n(-c4ccc(C(F)(F)F)cc4)c-3c/c2=N\C(C)C)c1. The molecule has 2 aromatic carbocycles. The lowest BCUT2D eigenvalue weighted by Crippen LogP contribution is -2.16. The van der Waals surface area contributed by atoms with E-state index in [0.717, 1.165) is 51.2 Å². The Hall–Kier alpha value is -4.20. The van der Waals surface area contributed by atoms with E-state index >= 15 is 0 Å². The van der Waals surface area contributed by atoms with Crippen LogP contribution in [0.15, 0.2) is 84.1 Å². The van der Waals surface area contributed by atoms with Crippen molar-refractivity contribution in [3.63, 3.8) is 0 Å². The zero-order valence-corrected chi connectivity index (χ0v) is 20.0. The molecule has 1 aliphatic carbocycles. The normalized spacial score (nSPS) is 12.6. The number of benzene rings is 3. The minimum absolute atomic E-state index is 0.0200. The van der Waals surface area contributed by atoms with E-state index in [4.69, 9.17) is 9.98 Å². The molecule has 36 heavy (non-hydrogen) atoms. The second-order valence-electron chi connectivity index (χ2n) is 8.94. The number of pyridine rings is 1. The Balaban J connectivity index is 1.78. The van der Waals surface area contributed by atoms with Gasteiger partial charge in [-0.3, -0.25) is 9.98 Å². The molecule has 0 spiro atoms. The molecule has 0 fully saturated rings. The Bertz CT molecular complexity index is 1580. The van der Waals surface area contributed by atoms with Crippen molar-refractivity contribution in [1.29, 1.82) is 0 Å². The molecule has 0 unspecified atom stereocenters. The molecule has 0 saturated carbocycles. The van der Waals surface area contributed by atoms with E-state index in [0.29, 0.717) is 11.4 Å². The summed E-state index contributed by atoms with van der Waals surface area (Å²) < 4.78 is 41.6. The van der Waals surface area contributed by atoms with Crippen molar-refractivity contribution in [3.05, 3.63) is 95.6 Å². The summed E-state index contributed by atoms with van der Waals surface area (Å²) in [6, 6.07) is 18.6. The molecule has 2 heterocycles. The number of nitrogens with one attached hydrogen (secondary N) is 1. The number of hydrogen-bond acceptors (Lipinski definition) is 4. The Morgan fingerprint density at radius 1 is 0.944 bits per heavy atom. The minimum Gasteiger partial charge on any atom is -0.352 e. The highest BCUT2D eigenvalue weighted by Gasteiger charge is 2.30. The lowest BCUT2D eigenvalue weighted by Gasteiger charge is -2.21. The lowest BCUT2D eigenvalue weighted by atomic mass is 10.1. The predicted molar refractivity (Wildman–Crippen MR) is 136 cm³/mol. The van der Waals surface area contributed by atoms with Crippen LogP contribution in [0.2, 0.25) is 0 Å². The zero-order valence-electron chi connectivity index (χ0n) is 20.0. The van der Waals surface area contributed by atoms with E-state index in [9.17, 15) is 13.2 Å². The average Bonchev–Trinajstić information content (AvgIpc) is 2.82. The van der Waals surface area contributed by atoms with Gasteiger partial charge in [0.05, 0.1) is 50.9 Å². The monoisotopic (exact) mass is 487 g/mol. The number of alkyl halides is 3. The summed E-state index contributed by atoms with van der Waals surface area (Å²) in [6.45, 7) is 5.95. The molecule has 1 aliphatic heterocycles. The van der Waals surface area contributed by atoms with Crippen LogP contribution in [-0.4, -0.2) is 20.6 Å². The highest BCUT2D eigenvalue weighted by molar-refractivity contribution is 5.84. The fraction of sp³-hybridized carbons (Fsp3) is 0.179. The first kappa shape index (κ1) is 23.5. The summed E-state index contributed by atoms with van der Waals surface area (Å²) in [5.74, 6) is 0. The molecule has 5 nitrogen and oxygen atoms in total. The molecule has 0 atom stereocenters. The van der Waals surface area contributed by atoms with E-state index in [1.54, 1.807) is 12.4 Å². The minimum atomic E-state index is -4.40. The maximum Gasteiger partial charge on any atom is 0.416 e. The fourth-order valence-corrected chi connectivity index (χ4v) is 4.18. The maximum absolute atomic E-state index is 13.2. The molecule has 0 saturated heterocycles. The number of halogens is 3. The number of para-hydroxylation sites is 2. The van der Waals surface area contributed by atoms with Crippen molar-refractivity contribution in [2.24, 2.45) is 4.99 Å². The molecule has 8 heteroatoms. The molecule has 2 aliphatic rings. The summed E-state index contributed by atoms with van der Waals surface area (Å²) in [7, 11) is 0. The van der Waals surface area contributed by atoms with Crippen LogP contribution in [0.1, 0.15) is 25.0 Å². The summed E-state index contributed by atoms with van der Waals surface area (Å²) in [4.78, 5) is 13.9. The predicted octanol–water partition coefficient (Wildman–Crippen LogP) is 6.91. The summed E-state index contributed by atoms with van der Waals surface area (Å²) in [5.41, 5.74) is 5.45. The molecular weight excluding hydrogens is 463 g/mol. The van der Waals surface area contributed by atoms with Crippen molar-refractivity contribution < 1.29 is 13.2 Å². The summed E-state index contributed by atoms with van der Waals surface area (Å²) in [6.07, 6.45) is -0.877. The highest BCUT2D eigenvalue weighted by atomic mass is 19.4. The summed E-state index contributed by atoms with van der Waals surface area (Å²) in [5, 5.41) is 4.13. The Kier molecular flexibility index (Phi) is 5.96. The van der Waals surface area contributed by atoms with Gasteiger partial charge in [0, 0.05) is 17.9 Å². The lowest BCUT2D eigenvalue weighted by molar-refractivity contribution is -0.137. The van der Waals surface area contributed by atoms with Crippen LogP contribution in [-0.2, 0) is 6.18 Å². The van der Waals surface area contributed by atoms with Gasteiger partial charge in [-0.05, 0) is 80.9 Å². The molecular formula is C28H24F3N5. The van der Waals surface area contributed by atoms with Gasteiger partial charge >= 0.3 is 6.18 Å². The average molecular weight is 488 g/mol. The molecule has 5 rings (SSSR count). The zero-order chi connectivity index (χ0) is 25.4. The largest absolute Gasteiger partial charge is 0.416 e. The third-order valence-corrected chi connectivity index (χ3v) is 5.70. The topological polar surface area (TPSA) is 55.1 Å². The molecule has 182 valence electrons. The van der Waals surface area contributed by atoms with Crippen LogP contribution >= 0.6 is 0 Å². The Morgan fingerprint density at radius 2 is 1.69 bits per heavy atom. The van der Waals surface area contributed by atoms with Gasteiger partial charge in [-0.25, -0.2) is 4.98 Å². The van der Waals surface area contributed by atoms with E-state index in [-0.39, 0.29) is 6.04 Å². The van der Waals surface area contributed by atoms with Gasteiger partial charge in [-0.1, -0.05) is 12.1 Å². The molecule has 1 aromatic heterocycles. The fourth-order valence-electron chi connectivity index (χ4n) is 4.18. The quantitative estimate of drug-likeness (QED) is 0.281. The molecule has 0 amide bonds. The second kappa shape index (κ2) is 9.11. The van der Waals surface area contributed by atoms with Crippen molar-refractivity contribution in [3.8, 4) is 17.1 Å². The first-order valence-corrected chi connectivity index (χ1v) is 11.5. The number of nitrogens with zero attached hydrogens (tertiary/aromatic N) is 4. The number of rotatable bonds is 4. The maximum atomic E-state index is 13.2. The van der Waals surface area contributed by atoms with Gasteiger partial charge in [0.1, 0.15) is 0 Å². The van der Waals surface area contributed by atoms with Gasteiger partial charge in [-0.15, -0.1) is 0 Å². The third kappa shape index (κ3) is 4.66. The number of aryl methyl sites for hydroxylation is 1. The van der Waals surface area contributed by atoms with Gasteiger partial charge in [0.25, 0.3) is 0 Å². The van der Waals surface area contributed by atoms with Gasteiger partial charge in [-0.2, -0.15) is 13.2 Å². The van der Waals surface area contributed by atoms with E-state index < -0.39 is 11.7 Å². The number of hydrogen-bond donors (Lipinski definition) is 1. The van der Waals surface area contributed by atoms with Gasteiger partial charge < -0.3 is 9.88 Å². The standard InChI is InChI=1S/C28H24F3N5/c1-17(2)33-24-14-27-25(13-23(24)34-20-12-18(3)15-32-16-20)35-22-6-4-5-7-26(22)36(27)21-10-8-19(9-11-21)28(29,30)31/h4-17,34H,1-3H3/b33-24+. The highest BCUT2D eigenvalue weighted by Crippen LogP contribution is 2.33. The molecule has 0 bridgehead atoms. The van der Waals surface area contributed by atoms with Crippen molar-refractivity contribution >= 4 is 22.4 Å². The number of fused-ring (bicyclic) bond motifs is 2. The van der Waals surface area contributed by atoms with Crippen molar-refractivity contribution in [1.82, 2.24) is 14.5 Å². The first-order valence-electron chi connectivity index (χ1n) is 11.5. The van der Waals surface area contributed by atoms with E-state index in [1.807, 2.05) is 67.8 Å². The van der Waals surface area contributed by atoms with Crippen molar-refractivity contribution in [2.75, 3.05) is 5.32 Å². The van der Waals surface area contributed by atoms with Crippen LogP contribution < -0.4 is 10.7 Å². The van der Waals surface area contributed by atoms with Crippen LogP contribution in [0, 0.1) is 6.92 Å².